The van der Waals surface area contributed by atoms with Gasteiger partial charge in [-0.2, -0.15) is 4.98 Å². The van der Waals surface area contributed by atoms with Gasteiger partial charge in [0.25, 0.3) is 5.91 Å². The third-order valence-electron chi connectivity index (χ3n) is 4.28. The number of aromatic nitrogens is 2. The molecule has 0 atom stereocenters. The number of carbonyl (C=O) groups is 1. The molecule has 1 aliphatic heterocycles. The van der Waals surface area contributed by atoms with Gasteiger partial charge in [-0.25, -0.2) is 4.39 Å². The fraction of sp³-hybridized carbons (Fsp3) is 0.211. The van der Waals surface area contributed by atoms with Crippen LogP contribution in [0.15, 0.2) is 59.1 Å². The van der Waals surface area contributed by atoms with Gasteiger partial charge in [-0.15, -0.1) is 0 Å². The highest BCUT2D eigenvalue weighted by Gasteiger charge is 2.36. The predicted octanol–water partition coefficient (Wildman–Crippen LogP) is 3.04. The molecule has 0 radical (unpaired) electrons. The minimum Gasteiger partial charge on any atom is -0.339 e. The Morgan fingerprint density at radius 2 is 1.96 bits per heavy atom. The number of rotatable bonds is 4. The van der Waals surface area contributed by atoms with Crippen LogP contribution in [0.25, 0.3) is 0 Å². The van der Waals surface area contributed by atoms with E-state index in [2.05, 4.69) is 10.1 Å². The van der Waals surface area contributed by atoms with E-state index in [4.69, 9.17) is 4.52 Å². The third kappa shape index (κ3) is 3.28. The lowest BCUT2D eigenvalue weighted by Gasteiger charge is -2.37. The highest BCUT2D eigenvalue weighted by Crippen LogP contribution is 2.27. The van der Waals surface area contributed by atoms with Crippen LogP contribution in [-0.2, 0) is 6.42 Å². The Bertz CT molecular complexity index is 888. The van der Waals surface area contributed by atoms with Crippen LogP contribution in [0.4, 0.5) is 4.39 Å². The molecule has 0 bridgehead atoms. The Hall–Kier alpha value is -3.02. The van der Waals surface area contributed by atoms with Crippen molar-refractivity contribution in [1.82, 2.24) is 15.0 Å². The van der Waals surface area contributed by atoms with Crippen molar-refractivity contribution in [3.63, 3.8) is 0 Å². The maximum absolute atomic E-state index is 13.2. The molecule has 0 spiro atoms. The van der Waals surface area contributed by atoms with Gasteiger partial charge in [0.15, 0.2) is 5.82 Å². The first-order chi connectivity index (χ1) is 12.2. The minimum atomic E-state index is -0.412. The lowest BCUT2D eigenvalue weighted by atomic mass is 9.98. The zero-order chi connectivity index (χ0) is 17.2. The number of hydrogen-bond donors (Lipinski definition) is 0. The number of carbonyl (C=O) groups excluding carboxylic acids is 1. The highest BCUT2D eigenvalue weighted by molar-refractivity contribution is 5.94. The van der Waals surface area contributed by atoms with Gasteiger partial charge < -0.3 is 9.42 Å². The van der Waals surface area contributed by atoms with Crippen LogP contribution in [0.3, 0.4) is 0 Å². The molecule has 0 saturated carbocycles. The van der Waals surface area contributed by atoms with Crippen molar-refractivity contribution in [2.45, 2.75) is 12.3 Å². The molecule has 25 heavy (non-hydrogen) atoms. The zero-order valence-corrected chi connectivity index (χ0v) is 13.4. The molecular weight excluding hydrogens is 321 g/mol. The molecule has 5 nitrogen and oxygen atoms in total. The van der Waals surface area contributed by atoms with Gasteiger partial charge in [0.2, 0.25) is 5.89 Å². The van der Waals surface area contributed by atoms with Crippen LogP contribution in [-0.4, -0.2) is 34.0 Å². The van der Waals surface area contributed by atoms with E-state index in [0.717, 1.165) is 5.56 Å². The van der Waals surface area contributed by atoms with Crippen LogP contribution in [0.2, 0.25) is 0 Å². The summed E-state index contributed by atoms with van der Waals surface area (Å²) in [4.78, 5) is 18.4. The summed E-state index contributed by atoms with van der Waals surface area (Å²) in [6.45, 7) is 1.00. The molecule has 0 unspecified atom stereocenters. The maximum atomic E-state index is 13.2. The van der Waals surface area contributed by atoms with Crippen molar-refractivity contribution in [3.05, 3.63) is 83.3 Å². The van der Waals surface area contributed by atoms with Crippen LogP contribution < -0.4 is 0 Å². The lowest BCUT2D eigenvalue weighted by molar-refractivity contribution is 0.0568. The van der Waals surface area contributed by atoms with Crippen LogP contribution >= 0.6 is 0 Å². The van der Waals surface area contributed by atoms with E-state index in [1.54, 1.807) is 11.0 Å². The topological polar surface area (TPSA) is 59.2 Å². The molecular formula is C19H16FN3O2. The summed E-state index contributed by atoms with van der Waals surface area (Å²) in [7, 11) is 0. The zero-order valence-electron chi connectivity index (χ0n) is 13.4. The Labute approximate surface area is 144 Å². The van der Waals surface area contributed by atoms with E-state index in [1.807, 2.05) is 30.3 Å². The molecule has 0 N–H and O–H groups in total. The van der Waals surface area contributed by atoms with E-state index in [0.29, 0.717) is 36.8 Å². The summed E-state index contributed by atoms with van der Waals surface area (Å²) in [6, 6.07) is 15.7. The quantitative estimate of drug-likeness (QED) is 0.734. The van der Waals surface area contributed by atoms with Crippen LogP contribution in [0, 0.1) is 5.82 Å². The molecule has 2 heterocycles. The lowest BCUT2D eigenvalue weighted by Crippen LogP contribution is -2.48. The van der Waals surface area contributed by atoms with E-state index < -0.39 is 5.82 Å². The van der Waals surface area contributed by atoms with Crippen molar-refractivity contribution in [2.24, 2.45) is 0 Å². The summed E-state index contributed by atoms with van der Waals surface area (Å²) < 4.78 is 18.6. The van der Waals surface area contributed by atoms with Crippen LogP contribution in [0.1, 0.15) is 33.6 Å². The second kappa shape index (κ2) is 6.47. The summed E-state index contributed by atoms with van der Waals surface area (Å²) in [5.41, 5.74) is 1.47. The largest absolute Gasteiger partial charge is 0.339 e. The SMILES string of the molecule is O=C(c1cccc(F)c1)N1CC(c2nc(Cc3ccccc3)no2)C1. The first-order valence-corrected chi connectivity index (χ1v) is 8.10. The van der Waals surface area contributed by atoms with Gasteiger partial charge in [-0.1, -0.05) is 41.6 Å². The molecule has 1 fully saturated rings. The molecule has 2 aromatic carbocycles. The molecule has 1 amide bonds. The first-order valence-electron chi connectivity index (χ1n) is 8.10. The molecule has 3 aromatic rings. The summed E-state index contributed by atoms with van der Waals surface area (Å²) >= 11 is 0. The first kappa shape index (κ1) is 15.5. The number of halogens is 1. The average molecular weight is 337 g/mol. The number of nitrogens with zero attached hydrogens (tertiary/aromatic N) is 3. The maximum Gasteiger partial charge on any atom is 0.254 e. The predicted molar refractivity (Wildman–Crippen MR) is 88.6 cm³/mol. The van der Waals surface area contributed by atoms with Gasteiger partial charge in [0.1, 0.15) is 5.82 Å². The number of hydrogen-bond acceptors (Lipinski definition) is 4. The van der Waals surface area contributed by atoms with E-state index in [1.165, 1.54) is 18.2 Å². The molecule has 1 aromatic heterocycles. The number of amides is 1. The van der Waals surface area contributed by atoms with E-state index in [-0.39, 0.29) is 11.8 Å². The fourth-order valence-corrected chi connectivity index (χ4v) is 2.89. The summed E-state index contributed by atoms with van der Waals surface area (Å²) in [5, 5.41) is 4.01. The van der Waals surface area contributed by atoms with Crippen molar-refractivity contribution < 1.29 is 13.7 Å². The smallest absolute Gasteiger partial charge is 0.254 e. The Kier molecular flexibility index (Phi) is 4.01. The van der Waals surface area contributed by atoms with Crippen LogP contribution in [0.5, 0.6) is 0 Å². The van der Waals surface area contributed by atoms with Crippen molar-refractivity contribution in [3.8, 4) is 0 Å². The molecule has 4 rings (SSSR count). The summed E-state index contributed by atoms with van der Waals surface area (Å²) in [5.74, 6) is 0.630. The summed E-state index contributed by atoms with van der Waals surface area (Å²) in [6.07, 6.45) is 0.614. The van der Waals surface area contributed by atoms with Crippen molar-refractivity contribution in [2.75, 3.05) is 13.1 Å². The van der Waals surface area contributed by atoms with Gasteiger partial charge in [0, 0.05) is 25.1 Å². The molecule has 1 saturated heterocycles. The molecule has 6 heteroatoms. The van der Waals surface area contributed by atoms with Gasteiger partial charge in [0.05, 0.1) is 5.92 Å². The Morgan fingerprint density at radius 1 is 1.16 bits per heavy atom. The highest BCUT2D eigenvalue weighted by atomic mass is 19.1. The van der Waals surface area contributed by atoms with Crippen molar-refractivity contribution >= 4 is 5.91 Å². The normalized spacial score (nSPS) is 14.4. The second-order valence-corrected chi connectivity index (χ2v) is 6.13. The standard InChI is InChI=1S/C19H16FN3O2/c20-16-8-4-7-14(10-16)19(24)23-11-15(12-23)18-21-17(22-25-18)9-13-5-2-1-3-6-13/h1-8,10,15H,9,11-12H2. The number of benzene rings is 2. The fourth-order valence-electron chi connectivity index (χ4n) is 2.89. The Morgan fingerprint density at radius 3 is 2.72 bits per heavy atom. The van der Waals surface area contributed by atoms with Crippen molar-refractivity contribution in [1.29, 1.82) is 0 Å². The molecule has 0 aliphatic carbocycles. The third-order valence-corrected chi connectivity index (χ3v) is 4.28. The monoisotopic (exact) mass is 337 g/mol. The molecule has 1 aliphatic rings. The Balaban J connectivity index is 1.37. The second-order valence-electron chi connectivity index (χ2n) is 6.13. The minimum absolute atomic E-state index is 0.0366. The average Bonchev–Trinajstić information content (AvgIpc) is 3.02. The van der Waals surface area contributed by atoms with Gasteiger partial charge in [-0.05, 0) is 23.8 Å². The van der Waals surface area contributed by atoms with E-state index in [9.17, 15) is 9.18 Å². The van der Waals surface area contributed by atoms with Gasteiger partial charge in [-0.3, -0.25) is 4.79 Å². The number of likely N-dealkylation sites (tertiary alicyclic amines) is 1. The molecule has 126 valence electrons. The van der Waals surface area contributed by atoms with E-state index >= 15 is 0 Å². The van der Waals surface area contributed by atoms with Gasteiger partial charge >= 0.3 is 0 Å².